The van der Waals surface area contributed by atoms with Crippen molar-refractivity contribution in [2.45, 2.75) is 0 Å². The Hall–Kier alpha value is -2.96. The number of hydrogen-bond donors (Lipinski definition) is 1. The molecule has 0 heterocycles. The second-order valence-corrected chi connectivity index (χ2v) is 4.24. The van der Waals surface area contributed by atoms with Crippen molar-refractivity contribution in [3.8, 4) is 11.5 Å². The summed E-state index contributed by atoms with van der Waals surface area (Å²) >= 11 is 0. The Kier molecular flexibility index (Phi) is 4.67. The first-order chi connectivity index (χ1) is 10.5. The van der Waals surface area contributed by atoms with E-state index in [4.69, 9.17) is 10.5 Å². The van der Waals surface area contributed by atoms with Gasteiger partial charge in [-0.25, -0.2) is 13.6 Å². The number of rotatable bonds is 5. The van der Waals surface area contributed by atoms with Crippen molar-refractivity contribution in [3.05, 3.63) is 59.7 Å². The minimum Gasteiger partial charge on any atom is -0.454 e. The third-order valence-corrected chi connectivity index (χ3v) is 2.56. The number of amides is 1. The molecule has 5 nitrogen and oxygen atoms in total. The van der Waals surface area contributed by atoms with E-state index in [1.54, 1.807) is 0 Å². The maximum absolute atomic E-state index is 13.4. The Balaban J connectivity index is 2.05. The van der Waals surface area contributed by atoms with E-state index in [0.717, 1.165) is 12.1 Å². The minimum absolute atomic E-state index is 0.148. The van der Waals surface area contributed by atoms with Crippen LogP contribution in [0.4, 0.5) is 8.78 Å². The molecule has 0 aliphatic carbocycles. The van der Waals surface area contributed by atoms with Gasteiger partial charge >= 0.3 is 5.97 Å². The molecule has 0 atom stereocenters. The molecule has 0 aliphatic rings. The summed E-state index contributed by atoms with van der Waals surface area (Å²) in [5.41, 5.74) is 5.03. The molecular formula is C15H11F2NO4. The number of esters is 1. The van der Waals surface area contributed by atoms with Crippen molar-refractivity contribution < 1.29 is 27.8 Å². The second kappa shape index (κ2) is 6.66. The lowest BCUT2D eigenvalue weighted by molar-refractivity contribution is -0.121. The predicted octanol–water partition coefficient (Wildman–Crippen LogP) is 2.40. The van der Waals surface area contributed by atoms with Crippen molar-refractivity contribution in [2.24, 2.45) is 5.73 Å². The summed E-state index contributed by atoms with van der Waals surface area (Å²) in [6, 6.07) is 8.48. The summed E-state index contributed by atoms with van der Waals surface area (Å²) in [5, 5.41) is 0. The van der Waals surface area contributed by atoms with Gasteiger partial charge in [-0.1, -0.05) is 0 Å². The molecule has 2 aromatic rings. The van der Waals surface area contributed by atoms with E-state index in [-0.39, 0.29) is 17.1 Å². The van der Waals surface area contributed by atoms with Gasteiger partial charge in [0.25, 0.3) is 5.91 Å². The van der Waals surface area contributed by atoms with Crippen molar-refractivity contribution in [2.75, 3.05) is 6.61 Å². The molecule has 0 fully saturated rings. The Labute approximate surface area is 124 Å². The van der Waals surface area contributed by atoms with Crippen LogP contribution in [0, 0.1) is 11.6 Å². The number of primary amides is 1. The van der Waals surface area contributed by atoms with Crippen LogP contribution in [-0.2, 0) is 9.53 Å². The smallest absolute Gasteiger partial charge is 0.338 e. The average Bonchev–Trinajstić information content (AvgIpc) is 2.48. The van der Waals surface area contributed by atoms with Crippen LogP contribution in [0.5, 0.6) is 11.5 Å². The number of hydrogen-bond acceptors (Lipinski definition) is 4. The third-order valence-electron chi connectivity index (χ3n) is 2.56. The standard InChI is InChI=1S/C15H11F2NO4/c16-10-3-6-13(12(17)7-10)22-11-4-1-9(2-5-11)15(20)21-8-14(18)19/h1-7H,8H2,(H2,18,19). The van der Waals surface area contributed by atoms with Crippen LogP contribution in [0.3, 0.4) is 0 Å². The molecule has 0 saturated heterocycles. The zero-order valence-corrected chi connectivity index (χ0v) is 11.2. The maximum atomic E-state index is 13.4. The van der Waals surface area contributed by atoms with Gasteiger partial charge in [-0.05, 0) is 36.4 Å². The highest BCUT2D eigenvalue weighted by Crippen LogP contribution is 2.25. The van der Waals surface area contributed by atoms with Gasteiger partial charge in [0.15, 0.2) is 18.2 Å². The Bertz CT molecular complexity index is 701. The fraction of sp³-hybridized carbons (Fsp3) is 0.0667. The molecule has 2 N–H and O–H groups in total. The second-order valence-electron chi connectivity index (χ2n) is 4.24. The van der Waals surface area contributed by atoms with E-state index in [1.807, 2.05) is 0 Å². The van der Waals surface area contributed by atoms with Gasteiger partial charge in [0, 0.05) is 6.07 Å². The molecule has 0 aromatic heterocycles. The number of carbonyl (C=O) groups is 2. The van der Waals surface area contributed by atoms with E-state index < -0.39 is 30.1 Å². The third kappa shape index (κ3) is 4.02. The molecule has 0 aliphatic heterocycles. The summed E-state index contributed by atoms with van der Waals surface area (Å²) in [6.07, 6.45) is 0. The summed E-state index contributed by atoms with van der Waals surface area (Å²) < 4.78 is 36.1. The molecule has 114 valence electrons. The predicted molar refractivity (Wildman–Crippen MR) is 72.4 cm³/mol. The Morgan fingerprint density at radius 2 is 1.73 bits per heavy atom. The molecular weight excluding hydrogens is 296 g/mol. The first-order valence-electron chi connectivity index (χ1n) is 6.14. The Morgan fingerprint density at radius 1 is 1.05 bits per heavy atom. The van der Waals surface area contributed by atoms with Crippen molar-refractivity contribution in [1.29, 1.82) is 0 Å². The minimum atomic E-state index is -0.843. The van der Waals surface area contributed by atoms with Crippen LogP contribution in [0.2, 0.25) is 0 Å². The number of carbonyl (C=O) groups excluding carboxylic acids is 2. The largest absolute Gasteiger partial charge is 0.454 e. The van der Waals surface area contributed by atoms with Gasteiger partial charge < -0.3 is 15.2 Å². The SMILES string of the molecule is NC(=O)COC(=O)c1ccc(Oc2ccc(F)cc2F)cc1. The fourth-order valence-corrected chi connectivity index (χ4v) is 1.56. The summed E-state index contributed by atoms with van der Waals surface area (Å²) in [6.45, 7) is -0.516. The average molecular weight is 307 g/mol. The molecule has 2 rings (SSSR count). The lowest BCUT2D eigenvalue weighted by Gasteiger charge is -2.07. The first kappa shape index (κ1) is 15.4. The zero-order chi connectivity index (χ0) is 16.1. The number of halogens is 2. The molecule has 7 heteroatoms. The van der Waals surface area contributed by atoms with E-state index >= 15 is 0 Å². The molecule has 1 amide bonds. The highest BCUT2D eigenvalue weighted by atomic mass is 19.1. The van der Waals surface area contributed by atoms with Gasteiger partial charge in [0.05, 0.1) is 5.56 Å². The number of nitrogens with two attached hydrogens (primary N) is 1. The monoisotopic (exact) mass is 307 g/mol. The van der Waals surface area contributed by atoms with Crippen LogP contribution in [0.1, 0.15) is 10.4 Å². The molecule has 0 radical (unpaired) electrons. The van der Waals surface area contributed by atoms with Crippen molar-refractivity contribution in [3.63, 3.8) is 0 Å². The quantitative estimate of drug-likeness (QED) is 0.860. The van der Waals surface area contributed by atoms with Gasteiger partial charge in [0.1, 0.15) is 11.6 Å². The van der Waals surface area contributed by atoms with Gasteiger partial charge in [-0.3, -0.25) is 4.79 Å². The topological polar surface area (TPSA) is 78.6 Å². The van der Waals surface area contributed by atoms with Gasteiger partial charge in [-0.2, -0.15) is 0 Å². The highest BCUT2D eigenvalue weighted by molar-refractivity contribution is 5.91. The van der Waals surface area contributed by atoms with E-state index in [1.165, 1.54) is 24.3 Å². The molecule has 22 heavy (non-hydrogen) atoms. The van der Waals surface area contributed by atoms with E-state index in [2.05, 4.69) is 4.74 Å². The lowest BCUT2D eigenvalue weighted by atomic mass is 10.2. The van der Waals surface area contributed by atoms with E-state index in [9.17, 15) is 18.4 Å². The molecule has 0 saturated carbocycles. The summed E-state index contributed by atoms with van der Waals surface area (Å²) in [7, 11) is 0. The van der Waals surface area contributed by atoms with Crippen LogP contribution >= 0.6 is 0 Å². The number of ether oxygens (including phenoxy) is 2. The normalized spacial score (nSPS) is 10.1. The van der Waals surface area contributed by atoms with Crippen LogP contribution in [0.15, 0.2) is 42.5 Å². The van der Waals surface area contributed by atoms with Crippen LogP contribution in [-0.4, -0.2) is 18.5 Å². The van der Waals surface area contributed by atoms with Gasteiger partial charge in [0.2, 0.25) is 0 Å². The van der Waals surface area contributed by atoms with Crippen molar-refractivity contribution >= 4 is 11.9 Å². The first-order valence-corrected chi connectivity index (χ1v) is 6.14. The van der Waals surface area contributed by atoms with Crippen LogP contribution < -0.4 is 10.5 Å². The fourth-order valence-electron chi connectivity index (χ4n) is 1.56. The zero-order valence-electron chi connectivity index (χ0n) is 11.2. The lowest BCUT2D eigenvalue weighted by Crippen LogP contribution is -2.20. The maximum Gasteiger partial charge on any atom is 0.338 e. The highest BCUT2D eigenvalue weighted by Gasteiger charge is 2.10. The summed E-state index contributed by atoms with van der Waals surface area (Å²) in [4.78, 5) is 22.0. The molecule has 0 bridgehead atoms. The molecule has 2 aromatic carbocycles. The van der Waals surface area contributed by atoms with Crippen molar-refractivity contribution in [1.82, 2.24) is 0 Å². The Morgan fingerprint density at radius 3 is 2.32 bits per heavy atom. The van der Waals surface area contributed by atoms with E-state index in [0.29, 0.717) is 6.07 Å². The molecule has 0 unspecified atom stereocenters. The number of benzene rings is 2. The summed E-state index contributed by atoms with van der Waals surface area (Å²) in [5.74, 6) is -2.94. The van der Waals surface area contributed by atoms with Crippen LogP contribution in [0.25, 0.3) is 0 Å². The molecule has 0 spiro atoms. The van der Waals surface area contributed by atoms with Gasteiger partial charge in [-0.15, -0.1) is 0 Å².